The van der Waals surface area contributed by atoms with Gasteiger partial charge in [0.1, 0.15) is 5.69 Å². The first kappa shape index (κ1) is 20.4. The lowest BCUT2D eigenvalue weighted by atomic mass is 10.1. The van der Waals surface area contributed by atoms with Crippen LogP contribution in [0.2, 0.25) is 0 Å². The van der Waals surface area contributed by atoms with Crippen LogP contribution in [0.25, 0.3) is 11.4 Å². The number of ketones is 1. The molecule has 4 rings (SSSR count). The lowest BCUT2D eigenvalue weighted by Crippen LogP contribution is -2.35. The molecule has 0 unspecified atom stereocenters. The molecule has 1 fully saturated rings. The molecule has 3 amide bonds. The fourth-order valence-electron chi connectivity index (χ4n) is 4.04. The van der Waals surface area contributed by atoms with Gasteiger partial charge in [0.2, 0.25) is 5.91 Å². The normalized spacial score (nSPS) is 13.7. The number of hydrogen-bond donors (Lipinski definition) is 1. The number of urea groups is 1. The predicted molar refractivity (Wildman–Crippen MR) is 114 cm³/mol. The van der Waals surface area contributed by atoms with E-state index in [0.29, 0.717) is 22.6 Å². The van der Waals surface area contributed by atoms with E-state index < -0.39 is 11.9 Å². The van der Waals surface area contributed by atoms with Crippen LogP contribution in [-0.2, 0) is 11.8 Å². The SMILES string of the molecule is Cc1cc(C(=O)CN2C(=O)CNC2=O)c(C)n1-c1c(C)n(C)n(-c2ccccc2)c1=O. The number of imide groups is 1. The number of amides is 3. The second-order valence-corrected chi connectivity index (χ2v) is 7.59. The molecule has 0 saturated carbocycles. The minimum Gasteiger partial charge on any atom is -0.329 e. The van der Waals surface area contributed by atoms with Gasteiger partial charge in [0.25, 0.3) is 5.56 Å². The second-order valence-electron chi connectivity index (χ2n) is 7.59. The quantitative estimate of drug-likeness (QED) is 0.500. The molecule has 160 valence electrons. The average Bonchev–Trinajstić information content (AvgIpc) is 3.29. The van der Waals surface area contributed by atoms with Crippen molar-refractivity contribution in [3.63, 3.8) is 0 Å². The van der Waals surface area contributed by atoms with Gasteiger partial charge in [0.15, 0.2) is 5.78 Å². The minimum absolute atomic E-state index is 0.104. The Balaban J connectivity index is 1.78. The number of nitrogens with zero attached hydrogens (tertiary/aromatic N) is 4. The number of nitrogens with one attached hydrogen (secondary N) is 1. The zero-order valence-corrected chi connectivity index (χ0v) is 17.8. The molecule has 2 aromatic heterocycles. The van der Waals surface area contributed by atoms with E-state index >= 15 is 0 Å². The van der Waals surface area contributed by atoms with Gasteiger partial charge in [0.05, 0.1) is 24.5 Å². The molecule has 9 nitrogen and oxygen atoms in total. The molecule has 0 bridgehead atoms. The third-order valence-corrected chi connectivity index (χ3v) is 5.72. The van der Waals surface area contributed by atoms with Crippen molar-refractivity contribution in [3.05, 3.63) is 69.4 Å². The number of carbonyl (C=O) groups excluding carboxylic acids is 3. The molecule has 3 aromatic rings. The Bertz CT molecular complexity index is 1260. The van der Waals surface area contributed by atoms with Crippen molar-refractivity contribution in [1.29, 1.82) is 0 Å². The Morgan fingerprint density at radius 3 is 2.32 bits per heavy atom. The lowest BCUT2D eigenvalue weighted by molar-refractivity contribution is -0.124. The molecule has 9 heteroatoms. The van der Waals surface area contributed by atoms with E-state index in [2.05, 4.69) is 5.32 Å². The van der Waals surface area contributed by atoms with E-state index in [0.717, 1.165) is 16.3 Å². The van der Waals surface area contributed by atoms with Crippen LogP contribution in [0.15, 0.2) is 41.2 Å². The summed E-state index contributed by atoms with van der Waals surface area (Å²) in [5, 5.41) is 2.41. The molecule has 1 aliphatic rings. The van der Waals surface area contributed by atoms with Gasteiger partial charge < -0.3 is 9.88 Å². The maximum atomic E-state index is 13.4. The van der Waals surface area contributed by atoms with Crippen LogP contribution in [0, 0.1) is 20.8 Å². The van der Waals surface area contributed by atoms with Gasteiger partial charge in [-0.25, -0.2) is 9.48 Å². The van der Waals surface area contributed by atoms with Gasteiger partial charge in [-0.3, -0.25) is 24.0 Å². The second kappa shape index (κ2) is 7.42. The molecule has 1 saturated heterocycles. The number of benzene rings is 1. The van der Waals surface area contributed by atoms with Crippen molar-refractivity contribution in [2.75, 3.05) is 13.1 Å². The third kappa shape index (κ3) is 3.18. The van der Waals surface area contributed by atoms with Crippen LogP contribution in [0.4, 0.5) is 4.79 Å². The van der Waals surface area contributed by atoms with Gasteiger partial charge in [-0.2, -0.15) is 0 Å². The van der Waals surface area contributed by atoms with E-state index in [-0.39, 0.29) is 24.4 Å². The van der Waals surface area contributed by atoms with Gasteiger partial charge in [-0.05, 0) is 39.0 Å². The van der Waals surface area contributed by atoms with Crippen LogP contribution in [-0.4, -0.2) is 49.6 Å². The molecule has 1 aromatic carbocycles. The Hall–Kier alpha value is -3.88. The summed E-state index contributed by atoms with van der Waals surface area (Å²) < 4.78 is 5.12. The minimum atomic E-state index is -0.572. The topological polar surface area (TPSA) is 98.3 Å². The highest BCUT2D eigenvalue weighted by atomic mass is 16.2. The summed E-state index contributed by atoms with van der Waals surface area (Å²) in [6.45, 7) is 4.98. The molecular weight excluding hydrogens is 398 g/mol. The first-order valence-electron chi connectivity index (χ1n) is 9.87. The van der Waals surface area contributed by atoms with E-state index in [1.165, 1.54) is 0 Å². The monoisotopic (exact) mass is 421 g/mol. The molecule has 3 heterocycles. The van der Waals surface area contributed by atoms with Gasteiger partial charge in [-0.1, -0.05) is 18.2 Å². The lowest BCUT2D eigenvalue weighted by Gasteiger charge is -2.11. The van der Waals surface area contributed by atoms with Gasteiger partial charge >= 0.3 is 6.03 Å². The highest BCUT2D eigenvalue weighted by Crippen LogP contribution is 2.23. The summed E-state index contributed by atoms with van der Waals surface area (Å²) in [5.41, 5.74) is 3.39. The smallest absolute Gasteiger partial charge is 0.325 e. The average molecular weight is 421 g/mol. The maximum Gasteiger partial charge on any atom is 0.325 e. The van der Waals surface area contributed by atoms with E-state index in [1.54, 1.807) is 26.9 Å². The number of aryl methyl sites for hydroxylation is 1. The Labute approximate surface area is 178 Å². The summed E-state index contributed by atoms with van der Waals surface area (Å²) >= 11 is 0. The van der Waals surface area contributed by atoms with Crippen LogP contribution < -0.4 is 10.9 Å². The number of hydrogen-bond acceptors (Lipinski definition) is 4. The van der Waals surface area contributed by atoms with E-state index in [9.17, 15) is 19.2 Å². The first-order valence-corrected chi connectivity index (χ1v) is 9.87. The fourth-order valence-corrected chi connectivity index (χ4v) is 4.04. The Morgan fingerprint density at radius 2 is 1.71 bits per heavy atom. The summed E-state index contributed by atoms with van der Waals surface area (Å²) in [4.78, 5) is 50.8. The maximum absolute atomic E-state index is 13.4. The van der Waals surface area contributed by atoms with Crippen molar-refractivity contribution in [2.45, 2.75) is 20.8 Å². The predicted octanol–water partition coefficient (Wildman–Crippen LogP) is 1.63. The number of aromatic nitrogens is 3. The fraction of sp³-hybridized carbons (Fsp3) is 0.273. The number of rotatable bonds is 5. The molecule has 1 N–H and O–H groups in total. The summed E-state index contributed by atoms with van der Waals surface area (Å²) in [7, 11) is 1.81. The molecule has 31 heavy (non-hydrogen) atoms. The molecule has 0 spiro atoms. The van der Waals surface area contributed by atoms with Crippen molar-refractivity contribution in [1.82, 2.24) is 24.1 Å². The highest BCUT2D eigenvalue weighted by molar-refractivity contribution is 6.08. The van der Waals surface area contributed by atoms with Gasteiger partial charge in [0, 0.05) is 24.0 Å². The zero-order valence-electron chi connectivity index (χ0n) is 17.8. The first-order chi connectivity index (χ1) is 14.7. The molecule has 0 radical (unpaired) electrons. The van der Waals surface area contributed by atoms with E-state index in [4.69, 9.17) is 0 Å². The summed E-state index contributed by atoms with van der Waals surface area (Å²) in [6, 6.07) is 10.4. The van der Waals surface area contributed by atoms with Crippen LogP contribution in [0.5, 0.6) is 0 Å². The molecule has 0 aliphatic carbocycles. The Morgan fingerprint density at radius 1 is 1.03 bits per heavy atom. The van der Waals surface area contributed by atoms with Crippen molar-refractivity contribution in [2.24, 2.45) is 7.05 Å². The number of para-hydroxylation sites is 1. The van der Waals surface area contributed by atoms with Gasteiger partial charge in [-0.15, -0.1) is 0 Å². The largest absolute Gasteiger partial charge is 0.329 e. The zero-order chi connectivity index (χ0) is 22.4. The van der Waals surface area contributed by atoms with Crippen LogP contribution in [0.1, 0.15) is 27.4 Å². The van der Waals surface area contributed by atoms with Crippen LogP contribution >= 0.6 is 0 Å². The number of Topliss-reactive ketones (excluding diaryl/α,β-unsaturated/α-hetero) is 1. The summed E-state index contributed by atoms with van der Waals surface area (Å²) in [6.07, 6.45) is 0. The van der Waals surface area contributed by atoms with Crippen molar-refractivity contribution in [3.8, 4) is 11.4 Å². The van der Waals surface area contributed by atoms with E-state index in [1.807, 2.05) is 51.2 Å². The number of carbonyl (C=O) groups is 3. The Kier molecular flexibility index (Phi) is 4.88. The third-order valence-electron chi connectivity index (χ3n) is 5.72. The molecule has 0 atom stereocenters. The highest BCUT2D eigenvalue weighted by Gasteiger charge is 2.32. The molecule has 1 aliphatic heterocycles. The van der Waals surface area contributed by atoms with Crippen molar-refractivity contribution < 1.29 is 14.4 Å². The summed E-state index contributed by atoms with van der Waals surface area (Å²) in [5.74, 6) is -0.793. The van der Waals surface area contributed by atoms with Crippen molar-refractivity contribution >= 4 is 17.7 Å². The standard InChI is InChI=1S/C22H23N5O4/c1-13-10-17(18(28)12-25-19(29)11-23-22(25)31)14(2)26(13)20-15(3)24(4)27(21(20)30)16-8-6-5-7-9-16/h5-10H,11-12H2,1-4H3,(H,23,31). The molecular formula is C22H23N5O4. The van der Waals surface area contributed by atoms with Crippen LogP contribution in [0.3, 0.4) is 0 Å².